The maximum atomic E-state index is 14.7. The van der Waals surface area contributed by atoms with E-state index in [1.165, 1.54) is 7.11 Å². The molecule has 4 aliphatic rings. The number of hydrogen-bond donors (Lipinski definition) is 0. The van der Waals surface area contributed by atoms with Gasteiger partial charge in [-0.1, -0.05) is 33.6 Å². The van der Waals surface area contributed by atoms with Crippen molar-refractivity contribution in [2.24, 2.45) is 35.0 Å². The zero-order chi connectivity index (χ0) is 33.7. The van der Waals surface area contributed by atoms with Gasteiger partial charge >= 0.3 is 12.1 Å². The second-order valence-electron chi connectivity index (χ2n) is 14.8. The molecule has 6 rings (SSSR count). The Hall–Kier alpha value is -3.44. The minimum atomic E-state index is -4.87. The number of methoxy groups -OCH3 is 1. The second-order valence-corrected chi connectivity index (χ2v) is 14.8. The average molecular weight is 660 g/mol. The Labute approximate surface area is 272 Å². The molecule has 1 aromatic heterocycles. The molecule has 2 aliphatic carbocycles. The largest absolute Gasteiger partial charge is 0.497 e. The van der Waals surface area contributed by atoms with E-state index in [2.05, 4.69) is 4.98 Å². The van der Waals surface area contributed by atoms with Gasteiger partial charge in [-0.15, -0.1) is 0 Å². The summed E-state index contributed by atoms with van der Waals surface area (Å²) in [6, 6.07) is 3.29. The van der Waals surface area contributed by atoms with Gasteiger partial charge in [0.15, 0.2) is 0 Å². The van der Waals surface area contributed by atoms with Crippen molar-refractivity contribution < 1.29 is 41.8 Å². The maximum absolute atomic E-state index is 14.7. The average Bonchev–Trinajstić information content (AvgIpc) is 3.72. The lowest BCUT2D eigenvalue weighted by atomic mass is 9.77. The van der Waals surface area contributed by atoms with E-state index in [0.717, 1.165) is 43.4 Å². The number of rotatable bonds is 2. The minimum absolute atomic E-state index is 0.0471. The molecule has 47 heavy (non-hydrogen) atoms. The number of carbonyl (C=O) groups is 3. The number of aromatic nitrogens is 2. The van der Waals surface area contributed by atoms with E-state index >= 15 is 0 Å². The van der Waals surface area contributed by atoms with Gasteiger partial charge in [0.2, 0.25) is 11.8 Å². The van der Waals surface area contributed by atoms with E-state index in [1.54, 1.807) is 39.0 Å². The van der Waals surface area contributed by atoms with Crippen molar-refractivity contribution in [3.8, 4) is 11.6 Å². The fourth-order valence-electron chi connectivity index (χ4n) is 8.46. The number of amides is 1. The third-order valence-corrected chi connectivity index (χ3v) is 10.9. The third kappa shape index (κ3) is 6.66. The van der Waals surface area contributed by atoms with Crippen LogP contribution in [0.25, 0.3) is 11.0 Å². The van der Waals surface area contributed by atoms with Gasteiger partial charge in [0.1, 0.15) is 41.9 Å². The monoisotopic (exact) mass is 659 g/mol. The summed E-state index contributed by atoms with van der Waals surface area (Å²) in [5.74, 6) is -3.03. The Morgan fingerprint density at radius 3 is 2.45 bits per heavy atom. The zero-order valence-electron chi connectivity index (χ0n) is 27.4. The summed E-state index contributed by atoms with van der Waals surface area (Å²) in [6.45, 7) is 4.80. The molecule has 4 bridgehead atoms. The molecule has 2 aliphatic heterocycles. The number of carbonyl (C=O) groups excluding carboxylic acids is 3. The first-order valence-corrected chi connectivity index (χ1v) is 16.8. The van der Waals surface area contributed by atoms with Gasteiger partial charge in [0, 0.05) is 6.07 Å². The number of benzene rings is 1. The van der Waals surface area contributed by atoms with Crippen LogP contribution < -0.4 is 9.47 Å². The van der Waals surface area contributed by atoms with Crippen molar-refractivity contribution in [2.45, 2.75) is 103 Å². The molecule has 1 saturated heterocycles. The highest BCUT2D eigenvalue weighted by Gasteiger charge is 2.59. The van der Waals surface area contributed by atoms with E-state index in [-0.39, 0.29) is 30.6 Å². The van der Waals surface area contributed by atoms with Crippen molar-refractivity contribution >= 4 is 29.2 Å². The summed E-state index contributed by atoms with van der Waals surface area (Å²) in [5.41, 5.74) is 0.564. The molecule has 0 radical (unpaired) electrons. The number of alkyl halides is 3. The summed E-state index contributed by atoms with van der Waals surface area (Å²) in [7, 11) is 1.50. The molecule has 0 unspecified atom stereocenters. The second kappa shape index (κ2) is 12.9. The van der Waals surface area contributed by atoms with E-state index in [0.29, 0.717) is 47.2 Å². The van der Waals surface area contributed by atoms with Crippen LogP contribution in [0.5, 0.6) is 11.6 Å². The van der Waals surface area contributed by atoms with Crippen molar-refractivity contribution in [1.82, 2.24) is 14.9 Å². The predicted octanol–water partition coefficient (Wildman–Crippen LogP) is 6.10. The van der Waals surface area contributed by atoms with Gasteiger partial charge in [0.05, 0.1) is 37.0 Å². The molecule has 12 heteroatoms. The molecule has 2 saturated carbocycles. The molecule has 256 valence electrons. The molecule has 9 nitrogen and oxygen atoms in total. The van der Waals surface area contributed by atoms with Crippen molar-refractivity contribution in [1.29, 1.82) is 0 Å². The molecule has 8 atom stereocenters. The number of ether oxygens (including phenoxy) is 3. The van der Waals surface area contributed by atoms with Crippen LogP contribution >= 0.6 is 0 Å². The molecule has 0 N–H and O–H groups in total. The van der Waals surface area contributed by atoms with E-state index in [9.17, 15) is 27.6 Å². The van der Waals surface area contributed by atoms with Gasteiger partial charge < -0.3 is 23.9 Å². The zero-order valence-corrected chi connectivity index (χ0v) is 27.4. The van der Waals surface area contributed by atoms with E-state index in [1.807, 2.05) is 0 Å². The van der Waals surface area contributed by atoms with Crippen LogP contribution in [0.4, 0.5) is 13.2 Å². The van der Waals surface area contributed by atoms with Crippen LogP contribution in [0.1, 0.15) is 77.8 Å². The Morgan fingerprint density at radius 2 is 1.74 bits per heavy atom. The standard InChI is InChI=1S/C35H44F3N3O6/c1-34(2,3)23-16-29(43)47-31-20-11-10-19(14-20)22(31)8-6-5-7-9-25-32(40-26-15-21(45-4)12-13-24(26)39-25)46-28-17-41(33(23)44)27(18-42)30(28)35(36,37)38/h12-13,15,18-20,22-23,27-28,30-31H,5-11,14,16-17H2,1-4H3/t19-,20+,22-,23-,27-,28+,30+,31-/m1/s1. The Bertz CT molecular complexity index is 1510. The number of halogens is 3. The van der Waals surface area contributed by atoms with Crippen molar-refractivity contribution in [3.05, 3.63) is 23.9 Å². The first-order valence-electron chi connectivity index (χ1n) is 16.8. The van der Waals surface area contributed by atoms with Crippen LogP contribution in [0, 0.1) is 35.0 Å². The highest BCUT2D eigenvalue weighted by molar-refractivity contribution is 5.87. The third-order valence-electron chi connectivity index (χ3n) is 10.9. The normalized spacial score (nSPS) is 32.2. The van der Waals surface area contributed by atoms with E-state index < -0.39 is 54.0 Å². The molecule has 3 heterocycles. The van der Waals surface area contributed by atoms with E-state index in [4.69, 9.17) is 19.2 Å². The number of hydrogen-bond acceptors (Lipinski definition) is 8. The number of fused-ring (bicyclic) bond motifs is 9. The topological polar surface area (TPSA) is 108 Å². The first-order chi connectivity index (χ1) is 22.3. The number of aryl methyl sites for hydroxylation is 1. The minimum Gasteiger partial charge on any atom is -0.497 e. The number of aldehydes is 1. The molecular formula is C35H44F3N3O6. The van der Waals surface area contributed by atoms with Crippen LogP contribution in [0.3, 0.4) is 0 Å². The fourth-order valence-corrected chi connectivity index (χ4v) is 8.46. The van der Waals surface area contributed by atoms with Crippen LogP contribution in [-0.2, 0) is 25.5 Å². The number of nitrogens with zero attached hydrogens (tertiary/aromatic N) is 3. The predicted molar refractivity (Wildman–Crippen MR) is 166 cm³/mol. The molecule has 2 aromatic rings. The highest BCUT2D eigenvalue weighted by atomic mass is 19.4. The van der Waals surface area contributed by atoms with Gasteiger partial charge in [-0.25, -0.2) is 9.97 Å². The van der Waals surface area contributed by atoms with Gasteiger partial charge in [-0.2, -0.15) is 13.2 Å². The lowest BCUT2D eigenvalue weighted by molar-refractivity contribution is -0.195. The first kappa shape index (κ1) is 33.5. The molecule has 0 spiro atoms. The Morgan fingerprint density at radius 1 is 0.979 bits per heavy atom. The highest BCUT2D eigenvalue weighted by Crippen LogP contribution is 2.52. The molecular weight excluding hydrogens is 615 g/mol. The Balaban J connectivity index is 1.40. The summed E-state index contributed by atoms with van der Waals surface area (Å²) in [4.78, 5) is 50.3. The van der Waals surface area contributed by atoms with Gasteiger partial charge in [-0.05, 0) is 73.8 Å². The lowest BCUT2D eigenvalue weighted by Crippen LogP contribution is -2.48. The van der Waals surface area contributed by atoms with Crippen molar-refractivity contribution in [3.63, 3.8) is 0 Å². The van der Waals surface area contributed by atoms with Gasteiger partial charge in [0.25, 0.3) is 0 Å². The Kier molecular flexibility index (Phi) is 9.17. The summed E-state index contributed by atoms with van der Waals surface area (Å²) >= 11 is 0. The van der Waals surface area contributed by atoms with Crippen LogP contribution in [0.2, 0.25) is 0 Å². The SMILES string of the molecule is COc1ccc2nc3c(nc2c1)O[C@H]1CN(C(=O)[C@H](C(C)(C)C)CC(=O)O[C@@H]2[C@H]4CC[C@H](C4)[C@H]2CCCCC3)[C@H](C=O)[C@@H]1C(F)(F)F. The summed E-state index contributed by atoms with van der Waals surface area (Å²) < 4.78 is 61.7. The quantitative estimate of drug-likeness (QED) is 0.281. The summed E-state index contributed by atoms with van der Waals surface area (Å²) in [6.07, 6.45) is 0.139. The van der Waals surface area contributed by atoms with Crippen LogP contribution in [0.15, 0.2) is 18.2 Å². The fraction of sp³-hybridized carbons (Fsp3) is 0.686. The summed E-state index contributed by atoms with van der Waals surface area (Å²) in [5, 5.41) is 0. The van der Waals surface area contributed by atoms with Crippen LogP contribution in [-0.4, -0.2) is 71.1 Å². The smallest absolute Gasteiger partial charge is 0.397 e. The molecule has 3 fully saturated rings. The van der Waals surface area contributed by atoms with Crippen molar-refractivity contribution in [2.75, 3.05) is 13.7 Å². The number of esters is 1. The molecule has 1 aromatic carbocycles. The maximum Gasteiger partial charge on any atom is 0.397 e. The molecule has 1 amide bonds. The lowest BCUT2D eigenvalue weighted by Gasteiger charge is -2.35. The van der Waals surface area contributed by atoms with Gasteiger partial charge in [-0.3, -0.25) is 9.59 Å².